The maximum Gasteiger partial charge on any atom is 0.343 e. The van der Waals surface area contributed by atoms with E-state index in [1.54, 1.807) is 31.3 Å². The van der Waals surface area contributed by atoms with Crippen molar-refractivity contribution in [1.29, 1.82) is 0 Å². The fraction of sp³-hybridized carbons (Fsp3) is 0.111. The van der Waals surface area contributed by atoms with Crippen molar-refractivity contribution in [2.75, 3.05) is 6.61 Å². The summed E-state index contributed by atoms with van der Waals surface area (Å²) in [4.78, 5) is 29.0. The molecular formula is C18H14N4O4. The van der Waals surface area contributed by atoms with Crippen LogP contribution in [0.1, 0.15) is 17.3 Å². The van der Waals surface area contributed by atoms with Gasteiger partial charge in [-0.1, -0.05) is 6.07 Å². The molecule has 0 aliphatic heterocycles. The molecule has 4 aromatic rings. The summed E-state index contributed by atoms with van der Waals surface area (Å²) in [6.07, 6.45) is 4.38. The summed E-state index contributed by atoms with van der Waals surface area (Å²) in [6.45, 7) is 1.97. The number of rotatable bonds is 3. The lowest BCUT2D eigenvalue weighted by Gasteiger charge is -2.08. The highest BCUT2D eigenvalue weighted by molar-refractivity contribution is 5.96. The average molecular weight is 350 g/mol. The Hall–Kier alpha value is -3.68. The molecule has 0 radical (unpaired) electrons. The third-order valence-corrected chi connectivity index (χ3v) is 4.00. The van der Waals surface area contributed by atoms with Crippen LogP contribution in [0, 0.1) is 0 Å². The molecule has 0 aliphatic rings. The van der Waals surface area contributed by atoms with Crippen molar-refractivity contribution in [3.8, 4) is 11.4 Å². The first-order valence-corrected chi connectivity index (χ1v) is 7.95. The molecule has 4 rings (SSSR count). The number of pyridine rings is 1. The highest BCUT2D eigenvalue weighted by Gasteiger charge is 2.17. The number of carbonyl (C=O) groups excluding carboxylic acids is 1. The first kappa shape index (κ1) is 15.8. The standard InChI is InChI=1S/C18H14N4O4/c1-2-26-18(25)14-10-20-22-15-6-7-21(11-4-3-5-12(23)8-11)17(24)13(15)9-19-16(14)22/h3-10,23H,2H2,1H3. The zero-order valence-corrected chi connectivity index (χ0v) is 13.8. The molecule has 0 atom stereocenters. The number of hydrogen-bond donors (Lipinski definition) is 1. The molecule has 0 fully saturated rings. The number of phenolic OH excluding ortho intramolecular Hbond substituents is 1. The van der Waals surface area contributed by atoms with Gasteiger partial charge in [-0.15, -0.1) is 0 Å². The second-order valence-corrected chi connectivity index (χ2v) is 5.58. The van der Waals surface area contributed by atoms with Crippen LogP contribution in [-0.2, 0) is 4.74 Å². The lowest BCUT2D eigenvalue weighted by atomic mass is 10.2. The van der Waals surface area contributed by atoms with Crippen molar-refractivity contribution in [2.45, 2.75) is 6.92 Å². The van der Waals surface area contributed by atoms with Crippen LogP contribution < -0.4 is 5.56 Å². The monoisotopic (exact) mass is 350 g/mol. The summed E-state index contributed by atoms with van der Waals surface area (Å²) >= 11 is 0. The molecule has 8 heteroatoms. The Morgan fingerprint density at radius 2 is 2.12 bits per heavy atom. The number of esters is 1. The number of fused-ring (bicyclic) bond motifs is 3. The van der Waals surface area contributed by atoms with E-state index in [4.69, 9.17) is 4.74 Å². The minimum Gasteiger partial charge on any atom is -0.508 e. The van der Waals surface area contributed by atoms with Crippen LogP contribution in [0.4, 0.5) is 0 Å². The first-order valence-electron chi connectivity index (χ1n) is 7.95. The Morgan fingerprint density at radius 1 is 1.27 bits per heavy atom. The highest BCUT2D eigenvalue weighted by Crippen LogP contribution is 2.18. The molecule has 3 aromatic heterocycles. The normalized spacial score (nSPS) is 11.1. The molecule has 1 aromatic carbocycles. The number of carbonyl (C=O) groups is 1. The van der Waals surface area contributed by atoms with E-state index in [2.05, 4.69) is 10.1 Å². The van der Waals surface area contributed by atoms with Crippen molar-refractivity contribution in [3.63, 3.8) is 0 Å². The van der Waals surface area contributed by atoms with E-state index in [9.17, 15) is 14.7 Å². The largest absolute Gasteiger partial charge is 0.508 e. The summed E-state index contributed by atoms with van der Waals surface area (Å²) in [5.74, 6) is -0.448. The van der Waals surface area contributed by atoms with E-state index in [0.29, 0.717) is 22.2 Å². The molecule has 26 heavy (non-hydrogen) atoms. The molecular weight excluding hydrogens is 336 g/mol. The second kappa shape index (κ2) is 5.99. The van der Waals surface area contributed by atoms with E-state index in [1.165, 1.54) is 33.6 Å². The van der Waals surface area contributed by atoms with E-state index in [-0.39, 0.29) is 23.5 Å². The molecule has 8 nitrogen and oxygen atoms in total. The van der Waals surface area contributed by atoms with E-state index >= 15 is 0 Å². The second-order valence-electron chi connectivity index (χ2n) is 5.58. The molecule has 0 amide bonds. The van der Waals surface area contributed by atoms with Crippen molar-refractivity contribution in [1.82, 2.24) is 19.2 Å². The number of ether oxygens (including phenoxy) is 1. The van der Waals surface area contributed by atoms with Gasteiger partial charge in [-0.25, -0.2) is 14.3 Å². The van der Waals surface area contributed by atoms with Crippen LogP contribution in [0.5, 0.6) is 5.75 Å². The SMILES string of the molecule is CCOC(=O)c1cnn2c1ncc1c(=O)n(-c3cccc(O)c3)ccc12. The van der Waals surface area contributed by atoms with Crippen LogP contribution in [0.2, 0.25) is 0 Å². The Kier molecular flexibility index (Phi) is 3.65. The highest BCUT2D eigenvalue weighted by atomic mass is 16.5. The molecule has 1 N–H and O–H groups in total. The summed E-state index contributed by atoms with van der Waals surface area (Å²) in [7, 11) is 0. The first-order chi connectivity index (χ1) is 12.6. The minimum absolute atomic E-state index is 0.0641. The van der Waals surface area contributed by atoms with Crippen molar-refractivity contribution >= 4 is 22.5 Å². The Morgan fingerprint density at radius 3 is 2.88 bits per heavy atom. The molecule has 0 spiro atoms. The van der Waals surface area contributed by atoms with E-state index in [1.807, 2.05) is 0 Å². The molecule has 0 aliphatic carbocycles. The van der Waals surface area contributed by atoms with Crippen LogP contribution in [0.3, 0.4) is 0 Å². The van der Waals surface area contributed by atoms with Gasteiger partial charge in [0.2, 0.25) is 0 Å². The predicted octanol–water partition coefficient (Wildman–Crippen LogP) is 1.92. The number of benzene rings is 1. The Labute approximate surface area is 146 Å². The van der Waals surface area contributed by atoms with Gasteiger partial charge in [0.25, 0.3) is 5.56 Å². The fourth-order valence-electron chi connectivity index (χ4n) is 2.82. The van der Waals surface area contributed by atoms with Gasteiger partial charge in [0.1, 0.15) is 11.3 Å². The molecule has 3 heterocycles. The van der Waals surface area contributed by atoms with Gasteiger partial charge in [-0.05, 0) is 25.1 Å². The van der Waals surface area contributed by atoms with Gasteiger partial charge < -0.3 is 9.84 Å². The molecule has 0 saturated heterocycles. The summed E-state index contributed by atoms with van der Waals surface area (Å²) in [5, 5.41) is 14.1. The third kappa shape index (κ3) is 2.39. The Balaban J connectivity index is 1.93. The van der Waals surface area contributed by atoms with Crippen molar-refractivity contribution in [2.24, 2.45) is 0 Å². The number of aromatic nitrogens is 4. The maximum absolute atomic E-state index is 12.8. The molecule has 0 unspecified atom stereocenters. The molecule has 0 bridgehead atoms. The van der Waals surface area contributed by atoms with Gasteiger partial charge in [-0.3, -0.25) is 9.36 Å². The Bertz CT molecular complexity index is 1210. The number of hydrogen-bond acceptors (Lipinski definition) is 6. The summed E-state index contributed by atoms with van der Waals surface area (Å²) in [5.41, 5.74) is 1.31. The van der Waals surface area contributed by atoms with Crippen LogP contribution in [0.15, 0.2) is 53.7 Å². The van der Waals surface area contributed by atoms with Crippen molar-refractivity contribution in [3.05, 3.63) is 64.8 Å². The quantitative estimate of drug-likeness (QED) is 0.567. The topological polar surface area (TPSA) is 98.7 Å². The van der Waals surface area contributed by atoms with Crippen LogP contribution >= 0.6 is 0 Å². The van der Waals surface area contributed by atoms with Crippen LogP contribution in [0.25, 0.3) is 22.2 Å². The van der Waals surface area contributed by atoms with Gasteiger partial charge >= 0.3 is 5.97 Å². The molecule has 0 saturated carbocycles. The van der Waals surface area contributed by atoms with Gasteiger partial charge in [0.05, 0.1) is 29.4 Å². The smallest absolute Gasteiger partial charge is 0.343 e. The van der Waals surface area contributed by atoms with Gasteiger partial charge in [-0.2, -0.15) is 5.10 Å². The number of aromatic hydroxyl groups is 1. The zero-order valence-electron chi connectivity index (χ0n) is 13.8. The number of nitrogens with zero attached hydrogens (tertiary/aromatic N) is 4. The fourth-order valence-corrected chi connectivity index (χ4v) is 2.82. The van der Waals surface area contributed by atoms with Gasteiger partial charge in [0, 0.05) is 18.5 Å². The van der Waals surface area contributed by atoms with E-state index < -0.39 is 5.97 Å². The van der Waals surface area contributed by atoms with E-state index in [0.717, 1.165) is 0 Å². The lowest BCUT2D eigenvalue weighted by molar-refractivity contribution is 0.0528. The maximum atomic E-state index is 12.8. The average Bonchev–Trinajstić information content (AvgIpc) is 3.07. The van der Waals surface area contributed by atoms with Crippen molar-refractivity contribution < 1.29 is 14.6 Å². The van der Waals surface area contributed by atoms with Crippen LogP contribution in [-0.4, -0.2) is 36.8 Å². The minimum atomic E-state index is -0.512. The lowest BCUT2D eigenvalue weighted by Crippen LogP contribution is -2.18. The van der Waals surface area contributed by atoms with Gasteiger partial charge in [0.15, 0.2) is 5.65 Å². The number of phenols is 1. The summed E-state index contributed by atoms with van der Waals surface area (Å²) in [6, 6.07) is 8.10. The zero-order chi connectivity index (χ0) is 18.3. The molecule has 130 valence electrons. The third-order valence-electron chi connectivity index (χ3n) is 4.00. The summed E-state index contributed by atoms with van der Waals surface area (Å²) < 4.78 is 7.84. The predicted molar refractivity (Wildman–Crippen MR) is 93.7 cm³/mol.